The maximum Gasteiger partial charge on any atom is 0.168 e. The van der Waals surface area contributed by atoms with Crippen LogP contribution in [0.3, 0.4) is 0 Å². The standard InChI is InChI=1S/C14H12ClF2NO/c1-8(18)9-2-4-13(11(15)6-9)19-14-5-3-10(16)7-12(14)17/h2-8H,18H2,1H3. The summed E-state index contributed by atoms with van der Waals surface area (Å²) in [5, 5.41) is 0.318. The molecular weight excluding hydrogens is 272 g/mol. The summed E-state index contributed by atoms with van der Waals surface area (Å²) in [5.41, 5.74) is 6.57. The molecule has 1 unspecified atom stereocenters. The minimum atomic E-state index is -0.785. The minimum absolute atomic E-state index is 0.0863. The molecule has 0 bridgehead atoms. The van der Waals surface area contributed by atoms with Crippen molar-refractivity contribution in [2.24, 2.45) is 5.73 Å². The largest absolute Gasteiger partial charge is 0.453 e. The van der Waals surface area contributed by atoms with Crippen molar-refractivity contribution in [3.8, 4) is 11.5 Å². The van der Waals surface area contributed by atoms with Gasteiger partial charge < -0.3 is 10.5 Å². The molecule has 2 N–H and O–H groups in total. The van der Waals surface area contributed by atoms with Gasteiger partial charge in [-0.2, -0.15) is 0 Å². The van der Waals surface area contributed by atoms with E-state index in [0.717, 1.165) is 17.7 Å². The molecule has 2 nitrogen and oxygen atoms in total. The monoisotopic (exact) mass is 283 g/mol. The fourth-order valence-corrected chi connectivity index (χ4v) is 1.79. The van der Waals surface area contributed by atoms with Crippen LogP contribution < -0.4 is 10.5 Å². The fourth-order valence-electron chi connectivity index (χ4n) is 1.56. The van der Waals surface area contributed by atoms with E-state index in [2.05, 4.69) is 0 Å². The van der Waals surface area contributed by atoms with E-state index >= 15 is 0 Å². The Kier molecular flexibility index (Phi) is 4.02. The Morgan fingerprint density at radius 1 is 1.11 bits per heavy atom. The predicted molar refractivity (Wildman–Crippen MR) is 70.5 cm³/mol. The fraction of sp³-hybridized carbons (Fsp3) is 0.143. The average molecular weight is 284 g/mol. The SMILES string of the molecule is CC(N)c1ccc(Oc2ccc(F)cc2F)c(Cl)c1. The van der Waals surface area contributed by atoms with Crippen LogP contribution in [0.25, 0.3) is 0 Å². The van der Waals surface area contributed by atoms with Crippen LogP contribution in [-0.2, 0) is 0 Å². The Bertz CT molecular complexity index is 602. The Morgan fingerprint density at radius 3 is 2.37 bits per heavy atom. The number of benzene rings is 2. The first-order valence-corrected chi connectivity index (χ1v) is 6.03. The highest BCUT2D eigenvalue weighted by Gasteiger charge is 2.10. The van der Waals surface area contributed by atoms with Crippen LogP contribution in [-0.4, -0.2) is 0 Å². The molecule has 2 aromatic rings. The summed E-state index contributed by atoms with van der Waals surface area (Å²) in [6.45, 7) is 1.83. The van der Waals surface area contributed by atoms with Crippen molar-refractivity contribution in [1.82, 2.24) is 0 Å². The maximum absolute atomic E-state index is 13.4. The molecule has 0 fully saturated rings. The normalized spacial score (nSPS) is 12.3. The summed E-state index contributed by atoms with van der Waals surface area (Å²) in [5.74, 6) is -1.25. The van der Waals surface area contributed by atoms with E-state index in [-0.39, 0.29) is 17.5 Å². The Hall–Kier alpha value is -1.65. The van der Waals surface area contributed by atoms with E-state index in [4.69, 9.17) is 22.1 Å². The molecular formula is C14H12ClF2NO. The summed E-state index contributed by atoms with van der Waals surface area (Å²) in [6, 6.07) is 7.91. The first kappa shape index (κ1) is 13.8. The zero-order valence-electron chi connectivity index (χ0n) is 10.2. The molecule has 0 amide bonds. The third-order valence-electron chi connectivity index (χ3n) is 2.60. The second kappa shape index (κ2) is 5.55. The van der Waals surface area contributed by atoms with Gasteiger partial charge in [0.05, 0.1) is 5.02 Å². The summed E-state index contributed by atoms with van der Waals surface area (Å²) >= 11 is 6.03. The van der Waals surface area contributed by atoms with E-state index in [1.54, 1.807) is 18.2 Å². The first-order valence-electron chi connectivity index (χ1n) is 5.65. The topological polar surface area (TPSA) is 35.2 Å². The van der Waals surface area contributed by atoms with Gasteiger partial charge in [-0.15, -0.1) is 0 Å². The van der Waals surface area contributed by atoms with Gasteiger partial charge in [-0.05, 0) is 36.8 Å². The lowest BCUT2D eigenvalue weighted by Crippen LogP contribution is -2.04. The third kappa shape index (κ3) is 3.22. The lowest BCUT2D eigenvalue weighted by atomic mass is 10.1. The van der Waals surface area contributed by atoms with E-state index in [1.165, 1.54) is 6.07 Å². The van der Waals surface area contributed by atoms with E-state index in [0.29, 0.717) is 5.02 Å². The van der Waals surface area contributed by atoms with E-state index < -0.39 is 11.6 Å². The first-order chi connectivity index (χ1) is 8.97. The van der Waals surface area contributed by atoms with Gasteiger partial charge in [-0.25, -0.2) is 8.78 Å². The number of rotatable bonds is 3. The van der Waals surface area contributed by atoms with Crippen molar-refractivity contribution in [1.29, 1.82) is 0 Å². The summed E-state index contributed by atoms with van der Waals surface area (Å²) in [4.78, 5) is 0. The Labute approximate surface area is 114 Å². The van der Waals surface area contributed by atoms with Crippen molar-refractivity contribution in [3.05, 3.63) is 58.6 Å². The molecule has 0 aliphatic heterocycles. The van der Waals surface area contributed by atoms with E-state index in [9.17, 15) is 8.78 Å². The molecule has 100 valence electrons. The molecule has 2 aromatic carbocycles. The highest BCUT2D eigenvalue weighted by molar-refractivity contribution is 6.32. The van der Waals surface area contributed by atoms with Crippen LogP contribution >= 0.6 is 11.6 Å². The van der Waals surface area contributed by atoms with Crippen molar-refractivity contribution in [2.45, 2.75) is 13.0 Å². The Balaban J connectivity index is 2.28. The smallest absolute Gasteiger partial charge is 0.168 e. The van der Waals surface area contributed by atoms with Gasteiger partial charge in [-0.1, -0.05) is 17.7 Å². The van der Waals surface area contributed by atoms with E-state index in [1.807, 2.05) is 6.92 Å². The predicted octanol–water partition coefficient (Wildman–Crippen LogP) is 4.43. The number of nitrogens with two attached hydrogens (primary N) is 1. The molecule has 0 heterocycles. The van der Waals surface area contributed by atoms with Crippen molar-refractivity contribution in [2.75, 3.05) is 0 Å². The molecule has 5 heteroatoms. The van der Waals surface area contributed by atoms with Gasteiger partial charge in [-0.3, -0.25) is 0 Å². The molecule has 19 heavy (non-hydrogen) atoms. The summed E-state index contributed by atoms with van der Waals surface area (Å²) < 4.78 is 31.5. The maximum atomic E-state index is 13.4. The minimum Gasteiger partial charge on any atom is -0.453 e. The van der Waals surface area contributed by atoms with Crippen LogP contribution in [0, 0.1) is 11.6 Å². The number of hydrogen-bond donors (Lipinski definition) is 1. The molecule has 0 spiro atoms. The average Bonchev–Trinajstić information content (AvgIpc) is 2.34. The number of hydrogen-bond acceptors (Lipinski definition) is 2. The quantitative estimate of drug-likeness (QED) is 0.904. The molecule has 0 radical (unpaired) electrons. The summed E-state index contributed by atoms with van der Waals surface area (Å²) in [6.07, 6.45) is 0. The van der Waals surface area contributed by atoms with Gasteiger partial charge in [0.1, 0.15) is 11.6 Å². The third-order valence-corrected chi connectivity index (χ3v) is 2.89. The highest BCUT2D eigenvalue weighted by atomic mass is 35.5. The van der Waals surface area contributed by atoms with Crippen LogP contribution in [0.4, 0.5) is 8.78 Å². The zero-order chi connectivity index (χ0) is 14.0. The highest BCUT2D eigenvalue weighted by Crippen LogP contribution is 2.32. The van der Waals surface area contributed by atoms with Gasteiger partial charge >= 0.3 is 0 Å². The van der Waals surface area contributed by atoms with Crippen molar-refractivity contribution in [3.63, 3.8) is 0 Å². The lowest BCUT2D eigenvalue weighted by Gasteiger charge is -2.11. The van der Waals surface area contributed by atoms with Gasteiger partial charge in [0.25, 0.3) is 0 Å². The number of halogens is 3. The van der Waals surface area contributed by atoms with Crippen LogP contribution in [0.1, 0.15) is 18.5 Å². The molecule has 2 rings (SSSR count). The summed E-state index contributed by atoms with van der Waals surface area (Å²) in [7, 11) is 0. The molecule has 0 saturated heterocycles. The zero-order valence-corrected chi connectivity index (χ0v) is 10.9. The second-order valence-corrected chi connectivity index (χ2v) is 4.56. The molecule has 0 aliphatic carbocycles. The van der Waals surface area contributed by atoms with Crippen LogP contribution in [0.2, 0.25) is 5.02 Å². The lowest BCUT2D eigenvalue weighted by molar-refractivity contribution is 0.437. The molecule has 0 saturated carbocycles. The Morgan fingerprint density at radius 2 is 1.79 bits per heavy atom. The number of ether oxygens (including phenoxy) is 1. The molecule has 0 aliphatic rings. The van der Waals surface area contributed by atoms with Crippen molar-refractivity contribution >= 4 is 11.6 Å². The molecule has 1 atom stereocenters. The second-order valence-electron chi connectivity index (χ2n) is 4.16. The van der Waals surface area contributed by atoms with Crippen molar-refractivity contribution < 1.29 is 13.5 Å². The van der Waals surface area contributed by atoms with Gasteiger partial charge in [0.2, 0.25) is 0 Å². The van der Waals surface area contributed by atoms with Gasteiger partial charge in [0.15, 0.2) is 11.6 Å². The van der Waals surface area contributed by atoms with Crippen LogP contribution in [0.5, 0.6) is 11.5 Å². The van der Waals surface area contributed by atoms with Gasteiger partial charge in [0, 0.05) is 12.1 Å². The van der Waals surface area contributed by atoms with Crippen LogP contribution in [0.15, 0.2) is 36.4 Å². The molecule has 0 aromatic heterocycles.